The molecule has 2 aliphatic heterocycles. The summed E-state index contributed by atoms with van der Waals surface area (Å²) < 4.78 is 21.3. The molecule has 0 N–H and O–H groups in total. The zero-order chi connectivity index (χ0) is 18.6. The summed E-state index contributed by atoms with van der Waals surface area (Å²) in [7, 11) is 0. The highest BCUT2D eigenvalue weighted by Crippen LogP contribution is 2.32. The summed E-state index contributed by atoms with van der Waals surface area (Å²) in [6.07, 6.45) is 1.80. The fraction of sp³-hybridized carbons (Fsp3) is 0.600. The first-order valence-electron chi connectivity index (χ1n) is 9.11. The van der Waals surface area contributed by atoms with Gasteiger partial charge in [0.15, 0.2) is 0 Å². The van der Waals surface area contributed by atoms with Crippen molar-refractivity contribution in [2.75, 3.05) is 39.6 Å². The number of hydrogen-bond acceptors (Lipinski definition) is 6. The van der Waals surface area contributed by atoms with E-state index in [0.717, 1.165) is 12.8 Å². The molecule has 0 bridgehead atoms. The highest BCUT2D eigenvalue weighted by atomic mass is 16.6. The van der Waals surface area contributed by atoms with E-state index in [-0.39, 0.29) is 10.8 Å². The number of carbonyl (C=O) groups is 2. The molecule has 2 heterocycles. The van der Waals surface area contributed by atoms with E-state index in [2.05, 4.69) is 13.8 Å². The van der Waals surface area contributed by atoms with Crippen molar-refractivity contribution in [3.63, 3.8) is 0 Å². The summed E-state index contributed by atoms with van der Waals surface area (Å²) in [6, 6.07) is 6.47. The third kappa shape index (κ3) is 3.91. The van der Waals surface area contributed by atoms with Crippen molar-refractivity contribution in [1.29, 1.82) is 0 Å². The van der Waals surface area contributed by atoms with Gasteiger partial charge in [-0.3, -0.25) is 0 Å². The van der Waals surface area contributed by atoms with E-state index in [1.54, 1.807) is 18.2 Å². The van der Waals surface area contributed by atoms with Crippen LogP contribution in [0.4, 0.5) is 0 Å². The average molecular weight is 362 g/mol. The lowest BCUT2D eigenvalue weighted by Crippen LogP contribution is -2.46. The van der Waals surface area contributed by atoms with Crippen LogP contribution in [-0.2, 0) is 18.9 Å². The summed E-state index contributed by atoms with van der Waals surface area (Å²) in [5.74, 6) is -0.867. The van der Waals surface area contributed by atoms with Crippen LogP contribution < -0.4 is 0 Å². The Morgan fingerprint density at radius 1 is 0.885 bits per heavy atom. The Labute approximate surface area is 153 Å². The van der Waals surface area contributed by atoms with Gasteiger partial charge in [-0.15, -0.1) is 0 Å². The second-order valence-electron chi connectivity index (χ2n) is 7.43. The molecule has 0 atom stereocenters. The molecule has 0 aliphatic carbocycles. The monoisotopic (exact) mass is 362 g/mol. The highest BCUT2D eigenvalue weighted by molar-refractivity contribution is 5.95. The van der Waals surface area contributed by atoms with Crippen LogP contribution in [0, 0.1) is 10.8 Å². The summed E-state index contributed by atoms with van der Waals surface area (Å²) in [6.45, 7) is 7.24. The van der Waals surface area contributed by atoms with Gasteiger partial charge in [0, 0.05) is 0 Å². The van der Waals surface area contributed by atoms with E-state index >= 15 is 0 Å². The van der Waals surface area contributed by atoms with Crippen LogP contribution in [-0.4, -0.2) is 51.6 Å². The molecule has 2 aliphatic rings. The van der Waals surface area contributed by atoms with Gasteiger partial charge in [-0.2, -0.15) is 0 Å². The quantitative estimate of drug-likeness (QED) is 0.662. The Morgan fingerprint density at radius 3 is 1.62 bits per heavy atom. The minimum absolute atomic E-state index is 0.0640. The van der Waals surface area contributed by atoms with E-state index in [1.807, 2.05) is 0 Å². The maximum absolute atomic E-state index is 12.3. The lowest BCUT2D eigenvalue weighted by molar-refractivity contribution is -0.140. The molecule has 6 nitrogen and oxygen atoms in total. The molecule has 3 rings (SSSR count). The summed E-state index contributed by atoms with van der Waals surface area (Å²) in [4.78, 5) is 24.6. The minimum Gasteiger partial charge on any atom is -0.461 e. The smallest absolute Gasteiger partial charge is 0.338 e. The molecule has 1 aromatic carbocycles. The fourth-order valence-corrected chi connectivity index (χ4v) is 2.94. The zero-order valence-electron chi connectivity index (χ0n) is 15.4. The van der Waals surface area contributed by atoms with Gasteiger partial charge in [-0.25, -0.2) is 9.59 Å². The highest BCUT2D eigenvalue weighted by Gasteiger charge is 2.39. The summed E-state index contributed by atoms with van der Waals surface area (Å²) in [5, 5.41) is 0. The van der Waals surface area contributed by atoms with E-state index in [1.165, 1.54) is 6.07 Å². The van der Waals surface area contributed by atoms with Crippen molar-refractivity contribution in [3.05, 3.63) is 35.4 Å². The van der Waals surface area contributed by atoms with Crippen LogP contribution in [0.3, 0.4) is 0 Å². The molecule has 26 heavy (non-hydrogen) atoms. The van der Waals surface area contributed by atoms with Crippen LogP contribution in [0.25, 0.3) is 0 Å². The van der Waals surface area contributed by atoms with Gasteiger partial charge < -0.3 is 18.9 Å². The molecule has 0 saturated carbocycles. The normalized spacial score (nSPS) is 19.8. The predicted molar refractivity (Wildman–Crippen MR) is 94.1 cm³/mol. The second kappa shape index (κ2) is 7.76. The molecule has 2 fully saturated rings. The molecule has 142 valence electrons. The van der Waals surface area contributed by atoms with Crippen LogP contribution >= 0.6 is 0 Å². The molecular weight excluding hydrogens is 336 g/mol. The Hall–Kier alpha value is -1.92. The number of rotatable bonds is 8. The lowest BCUT2D eigenvalue weighted by atomic mass is 9.84. The maximum atomic E-state index is 12.3. The van der Waals surface area contributed by atoms with Crippen LogP contribution in [0.1, 0.15) is 47.4 Å². The molecule has 1 aromatic rings. The van der Waals surface area contributed by atoms with Crippen molar-refractivity contribution < 1.29 is 28.5 Å². The van der Waals surface area contributed by atoms with Crippen LogP contribution in [0.5, 0.6) is 0 Å². The zero-order valence-corrected chi connectivity index (χ0v) is 15.4. The molecule has 0 radical (unpaired) electrons. The van der Waals surface area contributed by atoms with E-state index in [0.29, 0.717) is 50.8 Å². The van der Waals surface area contributed by atoms with Crippen molar-refractivity contribution in [3.8, 4) is 0 Å². The van der Waals surface area contributed by atoms with Crippen molar-refractivity contribution in [2.24, 2.45) is 10.8 Å². The topological polar surface area (TPSA) is 71.1 Å². The Balaban J connectivity index is 1.56. The van der Waals surface area contributed by atoms with Gasteiger partial charge in [-0.05, 0) is 31.0 Å². The molecule has 0 aromatic heterocycles. The third-order valence-electron chi connectivity index (χ3n) is 5.49. The van der Waals surface area contributed by atoms with Gasteiger partial charge in [-0.1, -0.05) is 19.9 Å². The lowest BCUT2D eigenvalue weighted by Gasteiger charge is -2.40. The molecule has 2 saturated heterocycles. The Bertz CT molecular complexity index is 596. The third-order valence-corrected chi connectivity index (χ3v) is 5.49. The first kappa shape index (κ1) is 18.9. The number of ether oxygens (including phenoxy) is 4. The molecule has 0 unspecified atom stereocenters. The fourth-order valence-electron chi connectivity index (χ4n) is 2.94. The molecular formula is C20H26O6. The predicted octanol–water partition coefficient (Wildman–Crippen LogP) is 2.85. The first-order valence-corrected chi connectivity index (χ1v) is 9.11. The van der Waals surface area contributed by atoms with Gasteiger partial charge >= 0.3 is 11.9 Å². The number of hydrogen-bond donors (Lipinski definition) is 0. The van der Waals surface area contributed by atoms with Crippen LogP contribution in [0.15, 0.2) is 24.3 Å². The van der Waals surface area contributed by atoms with E-state index in [4.69, 9.17) is 18.9 Å². The van der Waals surface area contributed by atoms with Gasteiger partial charge in [0.25, 0.3) is 0 Å². The van der Waals surface area contributed by atoms with E-state index in [9.17, 15) is 9.59 Å². The molecule has 0 spiro atoms. The average Bonchev–Trinajstić information content (AvgIpc) is 2.60. The largest absolute Gasteiger partial charge is 0.461 e. The summed E-state index contributed by atoms with van der Waals surface area (Å²) in [5.41, 5.74) is 0.572. The Kier molecular flexibility index (Phi) is 5.63. The molecule has 6 heteroatoms. The van der Waals surface area contributed by atoms with Crippen LogP contribution in [0.2, 0.25) is 0 Å². The Morgan fingerprint density at radius 2 is 1.31 bits per heavy atom. The van der Waals surface area contributed by atoms with Crippen molar-refractivity contribution in [2.45, 2.75) is 26.7 Å². The first-order chi connectivity index (χ1) is 12.5. The number of benzene rings is 1. The van der Waals surface area contributed by atoms with E-state index < -0.39 is 11.9 Å². The van der Waals surface area contributed by atoms with Crippen molar-refractivity contribution >= 4 is 11.9 Å². The summed E-state index contributed by atoms with van der Waals surface area (Å²) >= 11 is 0. The van der Waals surface area contributed by atoms with Crippen molar-refractivity contribution in [1.82, 2.24) is 0 Å². The maximum Gasteiger partial charge on any atom is 0.338 e. The SMILES string of the molecule is CCC1(COC(=O)c2cccc(C(=O)OCC3(CC)COC3)c2)COC1. The number of esters is 2. The van der Waals surface area contributed by atoms with Gasteiger partial charge in [0.2, 0.25) is 0 Å². The number of carbonyl (C=O) groups excluding carboxylic acids is 2. The molecule has 0 amide bonds. The standard InChI is InChI=1S/C20H26O6/c1-3-19(9-23-10-19)13-25-17(21)15-6-5-7-16(8-15)18(22)26-14-20(4-2)11-24-12-20/h5-8H,3-4,9-14H2,1-2H3. The minimum atomic E-state index is -0.434. The second-order valence-corrected chi connectivity index (χ2v) is 7.43. The van der Waals surface area contributed by atoms with Gasteiger partial charge in [0.05, 0.1) is 48.4 Å². The van der Waals surface area contributed by atoms with Gasteiger partial charge in [0.1, 0.15) is 13.2 Å².